The fourth-order valence-electron chi connectivity index (χ4n) is 5.46. The fraction of sp³-hybridized carbons (Fsp3) is 0.176. The van der Waals surface area contributed by atoms with Crippen LogP contribution in [0.1, 0.15) is 27.7 Å². The summed E-state index contributed by atoms with van der Waals surface area (Å²) in [6.45, 7) is 8.29. The van der Waals surface area contributed by atoms with Gasteiger partial charge in [0.25, 0.3) is 0 Å². The van der Waals surface area contributed by atoms with E-state index in [4.69, 9.17) is 19.3 Å². The molecular weight excluding hydrogens is 479 g/mol. The molecule has 1 fully saturated rings. The summed E-state index contributed by atoms with van der Waals surface area (Å²) in [5.41, 5.74) is 4.02. The molecule has 0 aliphatic carbocycles. The third-order valence-electron chi connectivity index (χ3n) is 8.30. The van der Waals surface area contributed by atoms with Gasteiger partial charge in [0.1, 0.15) is 0 Å². The van der Waals surface area contributed by atoms with Crippen LogP contribution < -0.4 is 5.46 Å². The first kappa shape index (κ1) is 24.0. The quantitative estimate of drug-likeness (QED) is 0.183. The van der Waals surface area contributed by atoms with Gasteiger partial charge in [-0.2, -0.15) is 0 Å². The summed E-state index contributed by atoms with van der Waals surface area (Å²) in [5, 5.41) is 5.86. The predicted molar refractivity (Wildman–Crippen MR) is 161 cm³/mol. The molecule has 0 amide bonds. The Bertz CT molecular complexity index is 1880. The van der Waals surface area contributed by atoms with E-state index in [9.17, 15) is 0 Å². The standard InChI is InChI=1S/C34H29BN2O2/c1-33(2)34(3,4)39-35(38-33)24-14-11-13-23(20-24)32-36-30-19-10-9-18-28(30)31(37-32)29-21-22-12-5-6-15-25(22)26-16-7-8-17-27(26)29/h5-21H,1-4H3. The molecule has 5 aromatic carbocycles. The van der Waals surface area contributed by atoms with E-state index < -0.39 is 18.3 Å². The van der Waals surface area contributed by atoms with Crippen molar-refractivity contribution in [1.29, 1.82) is 0 Å². The zero-order valence-electron chi connectivity index (χ0n) is 22.6. The zero-order valence-corrected chi connectivity index (χ0v) is 22.6. The van der Waals surface area contributed by atoms with Gasteiger partial charge in [-0.3, -0.25) is 0 Å². The molecule has 39 heavy (non-hydrogen) atoms. The van der Waals surface area contributed by atoms with Crippen LogP contribution in [0.2, 0.25) is 0 Å². The first-order chi connectivity index (χ1) is 18.8. The van der Waals surface area contributed by atoms with E-state index in [1.54, 1.807) is 0 Å². The van der Waals surface area contributed by atoms with E-state index in [0.29, 0.717) is 5.82 Å². The first-order valence-corrected chi connectivity index (χ1v) is 13.4. The van der Waals surface area contributed by atoms with Crippen LogP contribution in [0.4, 0.5) is 0 Å². The molecule has 7 rings (SSSR count). The highest BCUT2D eigenvalue weighted by atomic mass is 16.7. The highest BCUT2D eigenvalue weighted by Crippen LogP contribution is 2.39. The predicted octanol–water partition coefficient (Wildman–Crippen LogP) is 7.57. The lowest BCUT2D eigenvalue weighted by atomic mass is 9.78. The summed E-state index contributed by atoms with van der Waals surface area (Å²) in [6.07, 6.45) is 0. The van der Waals surface area contributed by atoms with E-state index >= 15 is 0 Å². The third-order valence-corrected chi connectivity index (χ3v) is 8.30. The van der Waals surface area contributed by atoms with Crippen molar-refractivity contribution in [3.05, 3.63) is 103 Å². The van der Waals surface area contributed by atoms with Crippen LogP contribution in [-0.2, 0) is 9.31 Å². The Balaban J connectivity index is 1.43. The number of para-hydroxylation sites is 1. The lowest BCUT2D eigenvalue weighted by Gasteiger charge is -2.32. The Hall–Kier alpha value is -4.06. The van der Waals surface area contributed by atoms with Crippen LogP contribution in [0, 0.1) is 0 Å². The summed E-state index contributed by atoms with van der Waals surface area (Å²) in [6, 6.07) is 35.9. The molecule has 2 heterocycles. The minimum Gasteiger partial charge on any atom is -0.399 e. The molecule has 1 aliphatic heterocycles. The Labute approximate surface area is 228 Å². The van der Waals surface area contributed by atoms with Crippen molar-refractivity contribution in [3.63, 3.8) is 0 Å². The minimum absolute atomic E-state index is 0.405. The molecule has 4 nitrogen and oxygen atoms in total. The zero-order chi connectivity index (χ0) is 26.8. The maximum absolute atomic E-state index is 6.33. The van der Waals surface area contributed by atoms with Crippen LogP contribution >= 0.6 is 0 Å². The minimum atomic E-state index is -0.445. The van der Waals surface area contributed by atoms with Crippen molar-refractivity contribution in [1.82, 2.24) is 9.97 Å². The molecule has 190 valence electrons. The van der Waals surface area contributed by atoms with Gasteiger partial charge in [-0.25, -0.2) is 9.97 Å². The smallest absolute Gasteiger partial charge is 0.399 e. The maximum Gasteiger partial charge on any atom is 0.494 e. The number of hydrogen-bond donors (Lipinski definition) is 0. The number of fused-ring (bicyclic) bond motifs is 4. The fourth-order valence-corrected chi connectivity index (χ4v) is 5.46. The summed E-state index contributed by atoms with van der Waals surface area (Å²) < 4.78 is 12.7. The molecule has 0 atom stereocenters. The van der Waals surface area contributed by atoms with Crippen LogP contribution in [-0.4, -0.2) is 28.3 Å². The number of rotatable bonds is 3. The van der Waals surface area contributed by atoms with Gasteiger partial charge in [-0.15, -0.1) is 0 Å². The Morgan fingerprint density at radius 2 is 1.23 bits per heavy atom. The Morgan fingerprint density at radius 3 is 2.00 bits per heavy atom. The van der Waals surface area contributed by atoms with Gasteiger partial charge < -0.3 is 9.31 Å². The molecule has 0 bridgehead atoms. The lowest BCUT2D eigenvalue weighted by Crippen LogP contribution is -2.41. The van der Waals surface area contributed by atoms with E-state index in [0.717, 1.165) is 33.2 Å². The average molecular weight is 508 g/mol. The SMILES string of the molecule is CC1(C)OB(c2cccc(-c3nc(-c4cc5ccccc5c5ccccc45)c4ccccc4n3)c2)OC1(C)C. The monoisotopic (exact) mass is 508 g/mol. The van der Waals surface area contributed by atoms with E-state index in [2.05, 4.69) is 113 Å². The molecule has 6 aromatic rings. The second kappa shape index (κ2) is 8.73. The average Bonchev–Trinajstić information content (AvgIpc) is 3.18. The van der Waals surface area contributed by atoms with Crippen molar-refractivity contribution >= 4 is 45.0 Å². The number of hydrogen-bond acceptors (Lipinski definition) is 4. The van der Waals surface area contributed by atoms with Gasteiger partial charge in [-0.05, 0) is 66.8 Å². The molecule has 0 spiro atoms. The van der Waals surface area contributed by atoms with Crippen LogP contribution in [0.25, 0.3) is 55.1 Å². The summed E-state index contributed by atoms with van der Waals surface area (Å²) in [4.78, 5) is 10.2. The lowest BCUT2D eigenvalue weighted by molar-refractivity contribution is 0.00578. The molecule has 1 aliphatic rings. The van der Waals surface area contributed by atoms with Crippen LogP contribution in [0.15, 0.2) is 103 Å². The Kier molecular flexibility index (Phi) is 5.38. The number of aromatic nitrogens is 2. The van der Waals surface area contributed by atoms with Crippen molar-refractivity contribution in [2.45, 2.75) is 38.9 Å². The molecular formula is C34H29BN2O2. The topological polar surface area (TPSA) is 44.2 Å². The van der Waals surface area contributed by atoms with Crippen molar-refractivity contribution < 1.29 is 9.31 Å². The third kappa shape index (κ3) is 3.92. The van der Waals surface area contributed by atoms with E-state index in [-0.39, 0.29) is 0 Å². The van der Waals surface area contributed by atoms with Crippen LogP contribution in [0.3, 0.4) is 0 Å². The Morgan fingerprint density at radius 1 is 0.590 bits per heavy atom. The van der Waals surface area contributed by atoms with Gasteiger partial charge in [0.15, 0.2) is 5.82 Å². The van der Waals surface area contributed by atoms with Gasteiger partial charge in [0, 0.05) is 16.5 Å². The number of benzene rings is 5. The largest absolute Gasteiger partial charge is 0.494 e. The van der Waals surface area contributed by atoms with Gasteiger partial charge >= 0.3 is 7.12 Å². The number of nitrogens with zero attached hydrogens (tertiary/aromatic N) is 2. The summed E-state index contributed by atoms with van der Waals surface area (Å²) in [5.74, 6) is 0.680. The normalized spacial score (nSPS) is 16.4. The van der Waals surface area contributed by atoms with Gasteiger partial charge in [0.05, 0.1) is 22.4 Å². The van der Waals surface area contributed by atoms with Crippen molar-refractivity contribution in [2.75, 3.05) is 0 Å². The molecule has 1 aromatic heterocycles. The molecule has 1 saturated heterocycles. The first-order valence-electron chi connectivity index (χ1n) is 13.4. The second-order valence-corrected chi connectivity index (χ2v) is 11.3. The van der Waals surface area contributed by atoms with Crippen molar-refractivity contribution in [2.24, 2.45) is 0 Å². The maximum atomic E-state index is 6.33. The molecule has 0 N–H and O–H groups in total. The molecule has 5 heteroatoms. The molecule has 0 saturated carbocycles. The van der Waals surface area contributed by atoms with E-state index in [1.807, 2.05) is 18.2 Å². The second-order valence-electron chi connectivity index (χ2n) is 11.3. The highest BCUT2D eigenvalue weighted by Gasteiger charge is 2.51. The molecule has 0 radical (unpaired) electrons. The van der Waals surface area contributed by atoms with Gasteiger partial charge in [0.2, 0.25) is 0 Å². The van der Waals surface area contributed by atoms with Crippen LogP contribution in [0.5, 0.6) is 0 Å². The summed E-state index contributed by atoms with van der Waals surface area (Å²) in [7, 11) is -0.445. The summed E-state index contributed by atoms with van der Waals surface area (Å²) >= 11 is 0. The van der Waals surface area contributed by atoms with E-state index in [1.165, 1.54) is 21.5 Å². The highest BCUT2D eigenvalue weighted by molar-refractivity contribution is 6.62. The molecule has 0 unspecified atom stereocenters. The van der Waals surface area contributed by atoms with Gasteiger partial charge in [-0.1, -0.05) is 91.0 Å². The van der Waals surface area contributed by atoms with Crippen molar-refractivity contribution in [3.8, 4) is 22.6 Å².